The second-order valence-corrected chi connectivity index (χ2v) is 6.14. The predicted octanol–water partition coefficient (Wildman–Crippen LogP) is 0.158. The van der Waals surface area contributed by atoms with E-state index in [1.165, 1.54) is 10.7 Å². The van der Waals surface area contributed by atoms with E-state index in [0.29, 0.717) is 36.0 Å². The third-order valence-electron chi connectivity index (χ3n) is 3.63. The molecule has 2 aromatic rings. The van der Waals surface area contributed by atoms with Gasteiger partial charge in [0.15, 0.2) is 0 Å². The number of aromatic nitrogens is 2. The third kappa shape index (κ3) is 7.37. The van der Waals surface area contributed by atoms with Gasteiger partial charge in [-0.2, -0.15) is 5.10 Å². The number of hydrogen-bond acceptors (Lipinski definition) is 7. The highest BCUT2D eigenvalue weighted by molar-refractivity contribution is 6.30. The molecule has 0 fully saturated rings. The minimum atomic E-state index is -1.34. The second-order valence-electron chi connectivity index (χ2n) is 5.70. The number of rotatable bonds is 8. The van der Waals surface area contributed by atoms with E-state index in [1.54, 1.807) is 36.1 Å². The monoisotopic (exact) mass is 413 g/mol. The van der Waals surface area contributed by atoms with E-state index in [-0.39, 0.29) is 19.8 Å². The summed E-state index contributed by atoms with van der Waals surface area (Å²) in [5, 5.41) is 38.7. The molecule has 4 N–H and O–H groups in total. The van der Waals surface area contributed by atoms with Gasteiger partial charge >= 0.3 is 5.97 Å². The van der Waals surface area contributed by atoms with Crippen LogP contribution in [-0.2, 0) is 0 Å². The first-order chi connectivity index (χ1) is 13.3. The molecule has 2 rings (SSSR count). The molecule has 0 saturated heterocycles. The van der Waals surface area contributed by atoms with Crippen LogP contribution in [0.5, 0.6) is 0 Å². The highest BCUT2D eigenvalue weighted by Gasteiger charge is 2.13. The average Bonchev–Trinajstić information content (AvgIpc) is 2.64. The van der Waals surface area contributed by atoms with Crippen LogP contribution in [0.25, 0.3) is 5.69 Å². The zero-order chi connectivity index (χ0) is 21.1. The van der Waals surface area contributed by atoms with Crippen LogP contribution in [0.1, 0.15) is 16.2 Å². The molecule has 1 aromatic carbocycles. The van der Waals surface area contributed by atoms with Gasteiger partial charge in [0.1, 0.15) is 0 Å². The van der Waals surface area contributed by atoms with E-state index in [1.807, 2.05) is 0 Å². The first-order valence-corrected chi connectivity index (χ1v) is 8.87. The first-order valence-electron chi connectivity index (χ1n) is 8.49. The van der Waals surface area contributed by atoms with Crippen molar-refractivity contribution in [3.8, 4) is 5.69 Å². The summed E-state index contributed by atoms with van der Waals surface area (Å²) in [4.78, 5) is 24.1. The molecule has 0 aliphatic heterocycles. The largest absolute Gasteiger partial charge is 0.476 e. The van der Waals surface area contributed by atoms with Gasteiger partial charge in [-0.15, -0.1) is 0 Å². The van der Waals surface area contributed by atoms with Gasteiger partial charge in [0, 0.05) is 36.4 Å². The van der Waals surface area contributed by atoms with Crippen molar-refractivity contribution >= 4 is 17.6 Å². The van der Waals surface area contributed by atoms with E-state index in [0.717, 1.165) is 0 Å². The van der Waals surface area contributed by atoms with Gasteiger partial charge in [-0.25, -0.2) is 9.48 Å². The molecule has 154 valence electrons. The van der Waals surface area contributed by atoms with Crippen LogP contribution in [0.15, 0.2) is 35.1 Å². The third-order valence-corrected chi connectivity index (χ3v) is 3.88. The predicted molar refractivity (Wildman–Crippen MR) is 104 cm³/mol. The van der Waals surface area contributed by atoms with Crippen LogP contribution < -0.4 is 5.43 Å². The van der Waals surface area contributed by atoms with Crippen molar-refractivity contribution in [2.24, 2.45) is 0 Å². The second kappa shape index (κ2) is 12.2. The summed E-state index contributed by atoms with van der Waals surface area (Å²) in [6.45, 7) is 3.43. The maximum Gasteiger partial charge on any atom is 0.360 e. The maximum atomic E-state index is 11.4. The van der Waals surface area contributed by atoms with E-state index >= 15 is 0 Å². The van der Waals surface area contributed by atoms with Gasteiger partial charge in [0.05, 0.1) is 25.5 Å². The molecule has 9 nitrogen and oxygen atoms in total. The number of aliphatic hydroxyl groups excluding tert-OH is 3. The van der Waals surface area contributed by atoms with Gasteiger partial charge < -0.3 is 20.4 Å². The fraction of sp³-hybridized carbons (Fsp3) is 0.389. The number of benzene rings is 1. The molecule has 1 heterocycles. The number of halogens is 1. The zero-order valence-electron chi connectivity index (χ0n) is 15.5. The lowest BCUT2D eigenvalue weighted by Crippen LogP contribution is -2.32. The van der Waals surface area contributed by atoms with Crippen molar-refractivity contribution in [1.29, 1.82) is 0 Å². The Hall–Kier alpha value is -2.30. The summed E-state index contributed by atoms with van der Waals surface area (Å²) >= 11 is 5.77. The summed E-state index contributed by atoms with van der Waals surface area (Å²) < 4.78 is 1.39. The highest BCUT2D eigenvalue weighted by Crippen LogP contribution is 2.13. The molecule has 0 atom stereocenters. The number of aryl methyl sites for hydroxylation is 1. The summed E-state index contributed by atoms with van der Waals surface area (Å²) in [5.74, 6) is -1.34. The van der Waals surface area contributed by atoms with Crippen molar-refractivity contribution < 1.29 is 25.2 Å². The molecule has 0 unspecified atom stereocenters. The van der Waals surface area contributed by atoms with Crippen LogP contribution in [0.3, 0.4) is 0 Å². The number of aliphatic hydroxyl groups is 3. The van der Waals surface area contributed by atoms with Gasteiger partial charge in [0.2, 0.25) is 11.1 Å². The Morgan fingerprint density at radius 1 is 1.07 bits per heavy atom. The molecule has 0 aliphatic carbocycles. The maximum absolute atomic E-state index is 11.4. The van der Waals surface area contributed by atoms with Crippen LogP contribution in [0.2, 0.25) is 5.02 Å². The lowest BCUT2D eigenvalue weighted by molar-refractivity contribution is 0.0686. The summed E-state index contributed by atoms with van der Waals surface area (Å²) in [6.07, 6.45) is 0. The minimum Gasteiger partial charge on any atom is -0.476 e. The van der Waals surface area contributed by atoms with Crippen molar-refractivity contribution in [1.82, 2.24) is 14.7 Å². The standard InChI is InChI=1S/C12H9ClN2O3.C6H15NO3/c1-7-6-10(16)11(12(17)18)14-15(7)9-4-2-8(13)3-5-9;8-4-1-7(2-5-9)3-6-10/h2-6H,1H3,(H,17,18);8-10H,1-6H2. The van der Waals surface area contributed by atoms with Crippen LogP contribution in [0, 0.1) is 6.92 Å². The van der Waals surface area contributed by atoms with Gasteiger partial charge in [-0.3, -0.25) is 9.69 Å². The Balaban J connectivity index is 0.000000336. The van der Waals surface area contributed by atoms with E-state index in [9.17, 15) is 9.59 Å². The molecule has 0 spiro atoms. The van der Waals surface area contributed by atoms with Gasteiger partial charge in [-0.1, -0.05) is 11.6 Å². The normalized spacial score (nSPS) is 10.5. The zero-order valence-corrected chi connectivity index (χ0v) is 16.2. The molecule has 0 bridgehead atoms. The molecule has 28 heavy (non-hydrogen) atoms. The molecule has 0 saturated carbocycles. The number of aromatic carboxylic acids is 1. The summed E-state index contributed by atoms with van der Waals surface area (Å²) in [5.41, 5.74) is 0.0764. The molecule has 0 amide bonds. The average molecular weight is 414 g/mol. The van der Waals surface area contributed by atoms with Crippen molar-refractivity contribution in [2.45, 2.75) is 6.92 Å². The number of nitrogens with zero attached hydrogens (tertiary/aromatic N) is 3. The molecular formula is C18H24ClN3O6. The number of carbonyl (C=O) groups is 1. The van der Waals surface area contributed by atoms with Crippen LogP contribution in [-0.4, -0.2) is 80.5 Å². The first kappa shape index (κ1) is 23.7. The van der Waals surface area contributed by atoms with Crippen LogP contribution in [0.4, 0.5) is 0 Å². The lowest BCUT2D eigenvalue weighted by Gasteiger charge is -2.17. The molecule has 10 heteroatoms. The quantitative estimate of drug-likeness (QED) is 0.480. The topological polar surface area (TPSA) is 136 Å². The Morgan fingerprint density at radius 2 is 1.57 bits per heavy atom. The lowest BCUT2D eigenvalue weighted by atomic mass is 10.3. The summed E-state index contributed by atoms with van der Waals surface area (Å²) in [7, 11) is 0. The van der Waals surface area contributed by atoms with E-state index in [4.69, 9.17) is 32.0 Å². The number of carboxylic acids is 1. The fourth-order valence-corrected chi connectivity index (χ4v) is 2.42. The van der Waals surface area contributed by atoms with Gasteiger partial charge in [0.25, 0.3) is 0 Å². The van der Waals surface area contributed by atoms with Crippen LogP contribution >= 0.6 is 11.6 Å². The fourth-order valence-electron chi connectivity index (χ4n) is 2.30. The smallest absolute Gasteiger partial charge is 0.360 e. The molecule has 0 aliphatic rings. The van der Waals surface area contributed by atoms with E-state index < -0.39 is 17.1 Å². The number of hydrogen-bond donors (Lipinski definition) is 4. The minimum absolute atomic E-state index is 0.0694. The Bertz CT molecular complexity index is 796. The SMILES string of the molecule is Cc1cc(=O)c(C(=O)O)nn1-c1ccc(Cl)cc1.OCCN(CCO)CCO. The van der Waals surface area contributed by atoms with Crippen molar-refractivity contribution in [2.75, 3.05) is 39.5 Å². The Kier molecular flexibility index (Phi) is 10.4. The van der Waals surface area contributed by atoms with Crippen molar-refractivity contribution in [3.63, 3.8) is 0 Å². The highest BCUT2D eigenvalue weighted by atomic mass is 35.5. The summed E-state index contributed by atoms with van der Waals surface area (Å²) in [6, 6.07) is 7.95. The molecular weight excluding hydrogens is 390 g/mol. The number of carboxylic acid groups (broad SMARTS) is 1. The Labute approximate surface area is 167 Å². The molecule has 0 radical (unpaired) electrons. The Morgan fingerprint density at radius 3 is 2.00 bits per heavy atom. The van der Waals surface area contributed by atoms with Gasteiger partial charge in [-0.05, 0) is 31.2 Å². The molecule has 1 aromatic heterocycles. The van der Waals surface area contributed by atoms with Crippen molar-refractivity contribution in [3.05, 3.63) is 57.0 Å². The van der Waals surface area contributed by atoms with E-state index in [2.05, 4.69) is 5.10 Å².